The highest BCUT2D eigenvalue weighted by molar-refractivity contribution is 6.76. The molecule has 0 saturated heterocycles. The first-order chi connectivity index (χ1) is 13.7. The Labute approximate surface area is 171 Å². The zero-order chi connectivity index (χ0) is 21.4. The van der Waals surface area contributed by atoms with Crippen molar-refractivity contribution in [3.8, 4) is 11.8 Å². The van der Waals surface area contributed by atoms with Gasteiger partial charge in [-0.3, -0.25) is 4.79 Å². The standard InChI is InChI=1S/C20H27N3O5Si/c1-26-18-13-19(27-2)23-16(22-18)12-17(24)21-15-9-7-6-8-14(15)20(25)28-10-11-29(3,4)5/h6-9,13H,10-12H2,1-5H3,(H,21,24). The van der Waals surface area contributed by atoms with Crippen molar-refractivity contribution in [2.75, 3.05) is 26.1 Å². The Kier molecular flexibility index (Phi) is 7.72. The third-order valence-electron chi connectivity index (χ3n) is 3.97. The third-order valence-corrected chi connectivity index (χ3v) is 5.67. The highest BCUT2D eigenvalue weighted by atomic mass is 28.3. The van der Waals surface area contributed by atoms with Crippen molar-refractivity contribution in [2.24, 2.45) is 0 Å². The second-order valence-electron chi connectivity index (χ2n) is 7.59. The van der Waals surface area contributed by atoms with Crippen molar-refractivity contribution in [2.45, 2.75) is 32.1 Å². The molecule has 8 nitrogen and oxygen atoms in total. The lowest BCUT2D eigenvalue weighted by atomic mass is 10.1. The van der Waals surface area contributed by atoms with Crippen LogP contribution in [-0.2, 0) is 16.0 Å². The molecule has 0 bridgehead atoms. The molecule has 0 aliphatic rings. The van der Waals surface area contributed by atoms with Crippen LogP contribution in [0.15, 0.2) is 30.3 Å². The number of esters is 1. The zero-order valence-electron chi connectivity index (χ0n) is 17.4. The molecule has 0 saturated carbocycles. The molecule has 0 spiro atoms. The second-order valence-corrected chi connectivity index (χ2v) is 13.2. The highest BCUT2D eigenvalue weighted by Gasteiger charge is 2.18. The maximum Gasteiger partial charge on any atom is 0.340 e. The molecule has 0 aliphatic carbocycles. The molecule has 9 heteroatoms. The molecule has 156 valence electrons. The van der Waals surface area contributed by atoms with Gasteiger partial charge in [-0.05, 0) is 18.2 Å². The maximum atomic E-state index is 12.5. The van der Waals surface area contributed by atoms with Crippen LogP contribution in [0.4, 0.5) is 5.69 Å². The van der Waals surface area contributed by atoms with Gasteiger partial charge in [0.25, 0.3) is 0 Å². The van der Waals surface area contributed by atoms with E-state index >= 15 is 0 Å². The number of carbonyl (C=O) groups is 2. The summed E-state index contributed by atoms with van der Waals surface area (Å²) in [6, 6.07) is 9.13. The van der Waals surface area contributed by atoms with Crippen LogP contribution in [0.25, 0.3) is 0 Å². The van der Waals surface area contributed by atoms with Gasteiger partial charge < -0.3 is 19.5 Å². The van der Waals surface area contributed by atoms with Crippen LogP contribution >= 0.6 is 0 Å². The van der Waals surface area contributed by atoms with Crippen molar-refractivity contribution in [1.82, 2.24) is 9.97 Å². The lowest BCUT2D eigenvalue weighted by Crippen LogP contribution is -2.23. The Morgan fingerprint density at radius 3 is 2.24 bits per heavy atom. The average molecular weight is 418 g/mol. The van der Waals surface area contributed by atoms with Gasteiger partial charge in [0.2, 0.25) is 17.7 Å². The fourth-order valence-corrected chi connectivity index (χ4v) is 3.09. The number of hydrogen-bond donors (Lipinski definition) is 1. The van der Waals surface area contributed by atoms with Crippen LogP contribution in [0, 0.1) is 0 Å². The minimum absolute atomic E-state index is 0.105. The van der Waals surface area contributed by atoms with Crippen LogP contribution in [0.1, 0.15) is 16.2 Å². The van der Waals surface area contributed by atoms with Crippen molar-refractivity contribution >= 4 is 25.6 Å². The number of aromatic nitrogens is 2. The minimum Gasteiger partial charge on any atom is -0.481 e. The Hall–Kier alpha value is -2.94. The number of hydrogen-bond acceptors (Lipinski definition) is 7. The molecule has 0 unspecified atom stereocenters. The van der Waals surface area contributed by atoms with E-state index in [2.05, 4.69) is 34.9 Å². The molecule has 2 rings (SSSR count). The monoisotopic (exact) mass is 417 g/mol. The number of nitrogens with one attached hydrogen (secondary N) is 1. The summed E-state index contributed by atoms with van der Waals surface area (Å²) in [5.74, 6) is 0.00653. The molecule has 0 fully saturated rings. The summed E-state index contributed by atoms with van der Waals surface area (Å²) in [5, 5.41) is 2.73. The van der Waals surface area contributed by atoms with Crippen LogP contribution in [0.2, 0.25) is 25.7 Å². The molecule has 0 radical (unpaired) electrons. The van der Waals surface area contributed by atoms with Gasteiger partial charge in [0.05, 0.1) is 44.6 Å². The van der Waals surface area contributed by atoms with Gasteiger partial charge in [-0.25, -0.2) is 4.79 Å². The molecule has 1 N–H and O–H groups in total. The van der Waals surface area contributed by atoms with E-state index in [1.165, 1.54) is 20.3 Å². The number of ether oxygens (including phenoxy) is 3. The van der Waals surface area contributed by atoms with Gasteiger partial charge in [0.1, 0.15) is 5.82 Å². The quantitative estimate of drug-likeness (QED) is 0.494. The van der Waals surface area contributed by atoms with Crippen molar-refractivity contribution in [3.63, 3.8) is 0 Å². The molecular weight excluding hydrogens is 390 g/mol. The Morgan fingerprint density at radius 1 is 1.03 bits per heavy atom. The Bertz CT molecular complexity index is 845. The zero-order valence-corrected chi connectivity index (χ0v) is 18.4. The minimum atomic E-state index is -1.31. The van der Waals surface area contributed by atoms with E-state index in [0.29, 0.717) is 29.6 Å². The molecule has 29 heavy (non-hydrogen) atoms. The predicted octanol–water partition coefficient (Wildman–Crippen LogP) is 3.17. The summed E-state index contributed by atoms with van der Waals surface area (Å²) in [5.41, 5.74) is 0.686. The first kappa shape index (κ1) is 22.3. The second kappa shape index (κ2) is 10.0. The molecule has 0 atom stereocenters. The normalized spacial score (nSPS) is 10.9. The summed E-state index contributed by atoms with van der Waals surface area (Å²) >= 11 is 0. The van der Waals surface area contributed by atoms with Crippen molar-refractivity contribution < 1.29 is 23.8 Å². The molecule has 0 aliphatic heterocycles. The third kappa shape index (κ3) is 7.19. The smallest absolute Gasteiger partial charge is 0.340 e. The summed E-state index contributed by atoms with van der Waals surface area (Å²) in [6.45, 7) is 7.01. The summed E-state index contributed by atoms with van der Waals surface area (Å²) in [4.78, 5) is 33.2. The van der Waals surface area contributed by atoms with E-state index in [0.717, 1.165) is 6.04 Å². The lowest BCUT2D eigenvalue weighted by Gasteiger charge is -2.16. The number of amides is 1. The first-order valence-corrected chi connectivity index (χ1v) is 12.9. The van der Waals surface area contributed by atoms with Gasteiger partial charge in [-0.15, -0.1) is 0 Å². The van der Waals surface area contributed by atoms with E-state index in [1.807, 2.05) is 0 Å². The fraction of sp³-hybridized carbons (Fsp3) is 0.400. The molecule has 1 amide bonds. The van der Waals surface area contributed by atoms with Crippen molar-refractivity contribution in [1.29, 1.82) is 0 Å². The van der Waals surface area contributed by atoms with E-state index in [-0.39, 0.29) is 18.2 Å². The molecule has 1 aromatic heterocycles. The van der Waals surface area contributed by atoms with E-state index in [9.17, 15) is 9.59 Å². The molecule has 1 aromatic carbocycles. The summed E-state index contributed by atoms with van der Waals surface area (Å²) in [6.07, 6.45) is -0.105. The van der Waals surface area contributed by atoms with Crippen LogP contribution in [0.5, 0.6) is 11.8 Å². The highest BCUT2D eigenvalue weighted by Crippen LogP contribution is 2.19. The van der Waals surface area contributed by atoms with E-state index in [1.54, 1.807) is 24.3 Å². The van der Waals surface area contributed by atoms with Gasteiger partial charge in [0.15, 0.2) is 0 Å². The summed E-state index contributed by atoms with van der Waals surface area (Å²) < 4.78 is 15.6. The molecule has 1 heterocycles. The Morgan fingerprint density at radius 2 is 1.66 bits per heavy atom. The number of anilines is 1. The topological polar surface area (TPSA) is 99.6 Å². The summed E-state index contributed by atoms with van der Waals surface area (Å²) in [7, 11) is 1.63. The SMILES string of the molecule is COc1cc(OC)nc(CC(=O)Nc2ccccc2C(=O)OCC[Si](C)(C)C)n1. The van der Waals surface area contributed by atoms with Gasteiger partial charge in [-0.1, -0.05) is 31.8 Å². The largest absolute Gasteiger partial charge is 0.481 e. The predicted molar refractivity (Wildman–Crippen MR) is 112 cm³/mol. The number of rotatable bonds is 9. The van der Waals surface area contributed by atoms with E-state index in [4.69, 9.17) is 14.2 Å². The molecular formula is C20H27N3O5Si. The van der Waals surface area contributed by atoms with Gasteiger partial charge >= 0.3 is 5.97 Å². The number of methoxy groups -OCH3 is 2. The first-order valence-electron chi connectivity index (χ1n) is 9.24. The average Bonchev–Trinajstić information content (AvgIpc) is 2.66. The fourth-order valence-electron chi connectivity index (χ4n) is 2.37. The van der Waals surface area contributed by atoms with Crippen LogP contribution in [0.3, 0.4) is 0 Å². The number of benzene rings is 1. The maximum absolute atomic E-state index is 12.5. The van der Waals surface area contributed by atoms with Crippen molar-refractivity contribution in [3.05, 3.63) is 41.7 Å². The van der Waals surface area contributed by atoms with Crippen LogP contribution < -0.4 is 14.8 Å². The number of para-hydroxylation sites is 1. The molecule has 2 aromatic rings. The van der Waals surface area contributed by atoms with Gasteiger partial charge in [-0.2, -0.15) is 9.97 Å². The van der Waals surface area contributed by atoms with Crippen LogP contribution in [-0.4, -0.2) is 50.7 Å². The number of carbonyl (C=O) groups excluding carboxylic acids is 2. The number of nitrogens with zero attached hydrogens (tertiary/aromatic N) is 2. The lowest BCUT2D eigenvalue weighted by molar-refractivity contribution is -0.115. The van der Waals surface area contributed by atoms with E-state index < -0.39 is 14.0 Å². The Balaban J connectivity index is 2.07. The van der Waals surface area contributed by atoms with Gasteiger partial charge in [0, 0.05) is 8.07 Å².